The van der Waals surface area contributed by atoms with Gasteiger partial charge in [-0.1, -0.05) is 6.08 Å². The number of rotatable bonds is 5. The molecule has 1 rings (SSSR count). The van der Waals surface area contributed by atoms with Crippen molar-refractivity contribution in [3.05, 3.63) is 30.2 Å². The van der Waals surface area contributed by atoms with Gasteiger partial charge in [0.05, 0.1) is 0 Å². The monoisotopic (exact) mass is 301 g/mol. The number of carboxylic acid groups (broad SMARTS) is 1. The quantitative estimate of drug-likeness (QED) is 0.843. The van der Waals surface area contributed by atoms with E-state index in [-0.39, 0.29) is 17.2 Å². The maximum Gasteiger partial charge on any atom is 0.371 e. The van der Waals surface area contributed by atoms with Crippen LogP contribution in [0.3, 0.4) is 0 Å². The number of carboxylic acids is 1. The Morgan fingerprint density at radius 2 is 2.05 bits per heavy atom. The Kier molecular flexibility index (Phi) is 4.45. The normalized spacial score (nSPS) is 12.7. The summed E-state index contributed by atoms with van der Waals surface area (Å²) in [7, 11) is -3.86. The van der Waals surface area contributed by atoms with Crippen molar-refractivity contribution in [1.29, 1.82) is 0 Å². The van der Waals surface area contributed by atoms with Gasteiger partial charge >= 0.3 is 5.97 Å². The maximum atomic E-state index is 12.7. The molecule has 1 heterocycles. The molecule has 1 N–H and O–H groups in total. The van der Waals surface area contributed by atoms with Gasteiger partial charge in [-0.05, 0) is 27.7 Å². The largest absolute Gasteiger partial charge is 0.475 e. The third-order valence-electron chi connectivity index (χ3n) is 2.69. The summed E-state index contributed by atoms with van der Waals surface area (Å²) in [4.78, 5) is 10.7. The molecular formula is C13H19NO5S. The molecule has 0 amide bonds. The van der Waals surface area contributed by atoms with Crippen molar-refractivity contribution in [1.82, 2.24) is 4.31 Å². The summed E-state index contributed by atoms with van der Waals surface area (Å²) in [5.41, 5.74) is -0.667. The fourth-order valence-corrected chi connectivity index (χ4v) is 3.72. The van der Waals surface area contributed by atoms with Crippen molar-refractivity contribution in [3.63, 3.8) is 0 Å². The van der Waals surface area contributed by atoms with Gasteiger partial charge in [-0.15, -0.1) is 6.58 Å². The SMILES string of the molecule is C=CCN(C(C)(C)C)S(=O)(=O)c1cc(C(=O)O)oc1C. The van der Waals surface area contributed by atoms with Crippen molar-refractivity contribution in [3.8, 4) is 0 Å². The highest BCUT2D eigenvalue weighted by molar-refractivity contribution is 7.89. The van der Waals surface area contributed by atoms with E-state index < -0.39 is 27.3 Å². The van der Waals surface area contributed by atoms with Crippen LogP contribution in [0.5, 0.6) is 0 Å². The van der Waals surface area contributed by atoms with E-state index in [9.17, 15) is 13.2 Å². The Balaban J connectivity index is 3.41. The van der Waals surface area contributed by atoms with E-state index in [1.165, 1.54) is 17.3 Å². The van der Waals surface area contributed by atoms with Crippen molar-refractivity contribution < 1.29 is 22.7 Å². The molecule has 0 aliphatic heterocycles. The summed E-state index contributed by atoms with van der Waals surface area (Å²) in [5, 5.41) is 8.87. The van der Waals surface area contributed by atoms with Crippen LogP contribution in [-0.2, 0) is 10.0 Å². The van der Waals surface area contributed by atoms with Crippen LogP contribution in [0, 0.1) is 6.92 Å². The van der Waals surface area contributed by atoms with E-state index in [1.54, 1.807) is 20.8 Å². The second kappa shape index (κ2) is 5.41. The van der Waals surface area contributed by atoms with Gasteiger partial charge in [-0.25, -0.2) is 13.2 Å². The first-order valence-corrected chi connectivity index (χ1v) is 7.43. The van der Waals surface area contributed by atoms with E-state index >= 15 is 0 Å². The summed E-state index contributed by atoms with van der Waals surface area (Å²) in [6, 6.07) is 1.04. The minimum atomic E-state index is -3.86. The third kappa shape index (κ3) is 3.10. The van der Waals surface area contributed by atoms with Gasteiger partial charge in [0.15, 0.2) is 0 Å². The van der Waals surface area contributed by atoms with Gasteiger partial charge in [-0.3, -0.25) is 0 Å². The van der Waals surface area contributed by atoms with Crippen molar-refractivity contribution in [2.75, 3.05) is 6.54 Å². The first-order chi connectivity index (χ1) is 9.01. The number of hydrogen-bond acceptors (Lipinski definition) is 4. The molecular weight excluding hydrogens is 282 g/mol. The molecule has 1 aromatic heterocycles. The Bertz CT molecular complexity index is 622. The minimum absolute atomic E-state index is 0.0562. The highest BCUT2D eigenvalue weighted by Crippen LogP contribution is 2.28. The average Bonchev–Trinajstić information content (AvgIpc) is 2.67. The Hall–Kier alpha value is -1.60. The number of carbonyl (C=O) groups is 1. The van der Waals surface area contributed by atoms with Crippen LogP contribution in [0.2, 0.25) is 0 Å². The van der Waals surface area contributed by atoms with Gasteiger partial charge < -0.3 is 9.52 Å². The highest BCUT2D eigenvalue weighted by atomic mass is 32.2. The number of aryl methyl sites for hydroxylation is 1. The molecule has 112 valence electrons. The van der Waals surface area contributed by atoms with Gasteiger partial charge in [-0.2, -0.15) is 4.31 Å². The Morgan fingerprint density at radius 1 is 1.50 bits per heavy atom. The van der Waals surface area contributed by atoms with Crippen LogP contribution in [-0.4, -0.2) is 35.9 Å². The lowest BCUT2D eigenvalue weighted by atomic mass is 10.1. The second-order valence-electron chi connectivity index (χ2n) is 5.33. The summed E-state index contributed by atoms with van der Waals surface area (Å²) in [6.07, 6.45) is 1.48. The van der Waals surface area contributed by atoms with Crippen LogP contribution >= 0.6 is 0 Å². The zero-order chi connectivity index (χ0) is 15.7. The lowest BCUT2D eigenvalue weighted by molar-refractivity contribution is 0.0661. The first-order valence-electron chi connectivity index (χ1n) is 5.99. The van der Waals surface area contributed by atoms with E-state index in [2.05, 4.69) is 6.58 Å². The van der Waals surface area contributed by atoms with Gasteiger partial charge in [0.2, 0.25) is 15.8 Å². The molecule has 0 radical (unpaired) electrons. The Morgan fingerprint density at radius 3 is 2.40 bits per heavy atom. The predicted molar refractivity (Wildman–Crippen MR) is 74.2 cm³/mol. The summed E-state index contributed by atoms with van der Waals surface area (Å²) in [6.45, 7) is 10.4. The standard InChI is InChI=1S/C13H19NO5S/c1-6-7-14(13(3,4)5)20(17,18)11-8-10(12(15)16)19-9(11)2/h6,8H,1,7H2,2-5H3,(H,15,16). The molecule has 0 spiro atoms. The van der Waals surface area contributed by atoms with E-state index in [1.807, 2.05) is 0 Å². The molecule has 0 saturated carbocycles. The maximum absolute atomic E-state index is 12.7. The lowest BCUT2D eigenvalue weighted by Gasteiger charge is -2.33. The van der Waals surface area contributed by atoms with Crippen LogP contribution in [0.1, 0.15) is 37.1 Å². The number of nitrogens with zero attached hydrogens (tertiary/aromatic N) is 1. The van der Waals surface area contributed by atoms with Crippen LogP contribution in [0.25, 0.3) is 0 Å². The molecule has 0 atom stereocenters. The number of aromatic carboxylic acids is 1. The molecule has 0 aromatic carbocycles. The van der Waals surface area contributed by atoms with Crippen molar-refractivity contribution in [2.24, 2.45) is 0 Å². The number of sulfonamides is 1. The number of hydrogen-bond donors (Lipinski definition) is 1. The summed E-state index contributed by atoms with van der Waals surface area (Å²) >= 11 is 0. The molecule has 0 fully saturated rings. The first kappa shape index (κ1) is 16.5. The van der Waals surface area contributed by atoms with Crippen molar-refractivity contribution in [2.45, 2.75) is 38.1 Å². The summed E-state index contributed by atoms with van der Waals surface area (Å²) < 4.78 is 31.5. The fourth-order valence-electron chi connectivity index (χ4n) is 1.80. The zero-order valence-electron chi connectivity index (χ0n) is 12.0. The van der Waals surface area contributed by atoms with E-state index in [4.69, 9.17) is 9.52 Å². The van der Waals surface area contributed by atoms with Crippen LogP contribution in [0.15, 0.2) is 28.0 Å². The molecule has 20 heavy (non-hydrogen) atoms. The average molecular weight is 301 g/mol. The van der Waals surface area contributed by atoms with E-state index in [0.29, 0.717) is 0 Å². The molecule has 6 nitrogen and oxygen atoms in total. The number of furan rings is 1. The van der Waals surface area contributed by atoms with Gasteiger partial charge in [0.1, 0.15) is 10.7 Å². The molecule has 0 bridgehead atoms. The summed E-state index contributed by atoms with van der Waals surface area (Å²) in [5.74, 6) is -1.64. The van der Waals surface area contributed by atoms with Crippen LogP contribution < -0.4 is 0 Å². The highest BCUT2D eigenvalue weighted by Gasteiger charge is 2.36. The predicted octanol–water partition coefficient (Wildman–Crippen LogP) is 2.26. The third-order valence-corrected chi connectivity index (χ3v) is 4.93. The van der Waals surface area contributed by atoms with Crippen LogP contribution in [0.4, 0.5) is 0 Å². The van der Waals surface area contributed by atoms with Gasteiger partial charge in [0, 0.05) is 18.2 Å². The Labute approximate surface area is 118 Å². The molecule has 0 aliphatic carbocycles. The van der Waals surface area contributed by atoms with Crippen molar-refractivity contribution >= 4 is 16.0 Å². The smallest absolute Gasteiger partial charge is 0.371 e. The second-order valence-corrected chi connectivity index (χ2v) is 7.16. The fraction of sp³-hybridized carbons (Fsp3) is 0.462. The molecule has 0 unspecified atom stereocenters. The van der Waals surface area contributed by atoms with E-state index in [0.717, 1.165) is 6.07 Å². The molecule has 7 heteroatoms. The van der Waals surface area contributed by atoms with Gasteiger partial charge in [0.25, 0.3) is 0 Å². The molecule has 1 aromatic rings. The topological polar surface area (TPSA) is 87.8 Å². The lowest BCUT2D eigenvalue weighted by Crippen LogP contribution is -2.45. The zero-order valence-corrected chi connectivity index (χ0v) is 12.8. The minimum Gasteiger partial charge on any atom is -0.475 e. The molecule has 0 aliphatic rings. The molecule has 0 saturated heterocycles.